The van der Waals surface area contributed by atoms with Crippen LogP contribution < -0.4 is 5.32 Å². The van der Waals surface area contributed by atoms with E-state index in [4.69, 9.17) is 0 Å². The van der Waals surface area contributed by atoms with Crippen molar-refractivity contribution in [3.05, 3.63) is 54.4 Å². The summed E-state index contributed by atoms with van der Waals surface area (Å²) in [6.45, 7) is 1.50. The van der Waals surface area contributed by atoms with Crippen LogP contribution in [0, 0.1) is 0 Å². The summed E-state index contributed by atoms with van der Waals surface area (Å²) < 4.78 is 2.23. The molecule has 3 heterocycles. The molecule has 0 radical (unpaired) electrons. The molecule has 0 aliphatic carbocycles. The number of hydrogen-bond acceptors (Lipinski definition) is 2. The number of rotatable bonds is 2. The van der Waals surface area contributed by atoms with Crippen LogP contribution in [0.4, 0.5) is 5.69 Å². The number of carbonyl (C=O) groups excluding carboxylic acids is 2. The second-order valence-electron chi connectivity index (χ2n) is 6.58. The van der Waals surface area contributed by atoms with Gasteiger partial charge in [0.05, 0.1) is 5.92 Å². The van der Waals surface area contributed by atoms with Gasteiger partial charge >= 0.3 is 0 Å². The predicted molar refractivity (Wildman–Crippen MR) is 91.7 cm³/mol. The number of nitrogens with one attached hydrogen (secondary N) is 1. The lowest BCUT2D eigenvalue weighted by Gasteiger charge is -2.36. The molecule has 1 aromatic carbocycles. The highest BCUT2D eigenvalue weighted by molar-refractivity contribution is 6.01. The molecule has 2 aliphatic rings. The zero-order valence-corrected chi connectivity index (χ0v) is 13.5. The Morgan fingerprint density at radius 2 is 1.75 bits per heavy atom. The number of para-hydroxylation sites is 1. The van der Waals surface area contributed by atoms with Crippen molar-refractivity contribution in [2.75, 3.05) is 18.4 Å². The maximum atomic E-state index is 13.0. The van der Waals surface area contributed by atoms with Crippen LogP contribution in [0.5, 0.6) is 0 Å². The lowest BCUT2D eigenvalue weighted by Crippen LogP contribution is -2.43. The van der Waals surface area contributed by atoms with E-state index in [1.165, 1.54) is 0 Å². The highest BCUT2D eigenvalue weighted by Gasteiger charge is 2.34. The molecule has 1 N–H and O–H groups in total. The molecule has 1 atom stereocenters. The zero-order chi connectivity index (χ0) is 16.5. The van der Waals surface area contributed by atoms with Crippen LogP contribution in [0.25, 0.3) is 0 Å². The highest BCUT2D eigenvalue weighted by Crippen LogP contribution is 2.34. The molecule has 1 unspecified atom stereocenters. The van der Waals surface area contributed by atoms with Gasteiger partial charge in [-0.1, -0.05) is 18.2 Å². The van der Waals surface area contributed by atoms with Crippen LogP contribution in [0.2, 0.25) is 0 Å². The third kappa shape index (κ3) is 2.70. The van der Waals surface area contributed by atoms with Gasteiger partial charge in [-0.05, 0) is 36.6 Å². The molecule has 5 nitrogen and oxygen atoms in total. The van der Waals surface area contributed by atoms with E-state index in [-0.39, 0.29) is 24.2 Å². The summed E-state index contributed by atoms with van der Waals surface area (Å²) in [5.41, 5.74) is 1.71. The van der Waals surface area contributed by atoms with E-state index in [1.807, 2.05) is 41.3 Å². The topological polar surface area (TPSA) is 54.3 Å². The van der Waals surface area contributed by atoms with E-state index in [0.29, 0.717) is 6.04 Å². The van der Waals surface area contributed by atoms with Gasteiger partial charge in [0, 0.05) is 43.6 Å². The molecule has 0 saturated carbocycles. The van der Waals surface area contributed by atoms with Crippen LogP contribution in [-0.2, 0) is 9.59 Å². The molecule has 124 valence electrons. The van der Waals surface area contributed by atoms with Crippen molar-refractivity contribution >= 4 is 17.5 Å². The van der Waals surface area contributed by atoms with Crippen molar-refractivity contribution in [1.82, 2.24) is 9.47 Å². The van der Waals surface area contributed by atoms with Gasteiger partial charge in [0.15, 0.2) is 0 Å². The SMILES string of the molecule is O=C1CC(C(=O)N2CCC(n3cccc3)CC2)c2ccccc2N1. The summed E-state index contributed by atoms with van der Waals surface area (Å²) >= 11 is 0. The summed E-state index contributed by atoms with van der Waals surface area (Å²) in [5, 5.41) is 2.86. The van der Waals surface area contributed by atoms with Crippen molar-refractivity contribution in [3.63, 3.8) is 0 Å². The summed E-state index contributed by atoms with van der Waals surface area (Å²) in [7, 11) is 0. The Hall–Kier alpha value is -2.56. The van der Waals surface area contributed by atoms with E-state index in [9.17, 15) is 9.59 Å². The van der Waals surface area contributed by atoms with Gasteiger partial charge in [0.1, 0.15) is 0 Å². The molecule has 1 aromatic heterocycles. The molecule has 24 heavy (non-hydrogen) atoms. The standard InChI is InChI=1S/C19H21N3O2/c23-18-13-16(15-5-1-2-6-17(15)20-18)19(24)22-11-7-14(8-12-22)21-9-3-4-10-21/h1-6,9-10,14,16H,7-8,11-13H2,(H,20,23). The Kier molecular flexibility index (Phi) is 3.84. The fourth-order valence-electron chi connectivity index (χ4n) is 3.83. The molecule has 1 fully saturated rings. The molecule has 0 spiro atoms. The number of amides is 2. The molecule has 1 saturated heterocycles. The van der Waals surface area contributed by atoms with Crippen molar-refractivity contribution in [3.8, 4) is 0 Å². The number of carbonyl (C=O) groups is 2. The van der Waals surface area contributed by atoms with Crippen molar-refractivity contribution < 1.29 is 9.59 Å². The van der Waals surface area contributed by atoms with Crippen molar-refractivity contribution in [2.45, 2.75) is 31.2 Å². The highest BCUT2D eigenvalue weighted by atomic mass is 16.2. The fraction of sp³-hybridized carbons (Fsp3) is 0.368. The van der Waals surface area contributed by atoms with Crippen LogP contribution in [0.3, 0.4) is 0 Å². The zero-order valence-electron chi connectivity index (χ0n) is 13.5. The maximum Gasteiger partial charge on any atom is 0.230 e. The second-order valence-corrected chi connectivity index (χ2v) is 6.58. The van der Waals surface area contributed by atoms with E-state index >= 15 is 0 Å². The molecular weight excluding hydrogens is 302 g/mol. The predicted octanol–water partition coefficient (Wildman–Crippen LogP) is 2.78. The molecule has 2 aliphatic heterocycles. The number of fused-ring (bicyclic) bond motifs is 1. The van der Waals surface area contributed by atoms with Crippen LogP contribution in [0.1, 0.15) is 36.8 Å². The Balaban J connectivity index is 1.48. The number of anilines is 1. The number of aromatic nitrogens is 1. The summed E-state index contributed by atoms with van der Waals surface area (Å²) in [5.74, 6) is -0.337. The summed E-state index contributed by atoms with van der Waals surface area (Å²) in [6.07, 6.45) is 6.34. The lowest BCUT2D eigenvalue weighted by atomic mass is 9.88. The third-order valence-corrected chi connectivity index (χ3v) is 5.12. The number of likely N-dealkylation sites (tertiary alicyclic amines) is 1. The third-order valence-electron chi connectivity index (χ3n) is 5.12. The lowest BCUT2D eigenvalue weighted by molar-refractivity contribution is -0.136. The number of benzene rings is 1. The second kappa shape index (κ2) is 6.15. The monoisotopic (exact) mass is 323 g/mol. The first kappa shape index (κ1) is 15.0. The van der Waals surface area contributed by atoms with Gasteiger partial charge in [-0.25, -0.2) is 0 Å². The van der Waals surface area contributed by atoms with Gasteiger partial charge in [0.25, 0.3) is 0 Å². The number of hydrogen-bond donors (Lipinski definition) is 1. The van der Waals surface area contributed by atoms with Gasteiger partial charge in [-0.3, -0.25) is 9.59 Å². The van der Waals surface area contributed by atoms with E-state index in [2.05, 4.69) is 22.3 Å². The van der Waals surface area contributed by atoms with Crippen LogP contribution in [-0.4, -0.2) is 34.4 Å². The average molecular weight is 323 g/mol. The first-order valence-corrected chi connectivity index (χ1v) is 8.52. The molecule has 2 aromatic rings. The first-order chi connectivity index (χ1) is 11.7. The fourth-order valence-corrected chi connectivity index (χ4v) is 3.83. The van der Waals surface area contributed by atoms with E-state index in [1.54, 1.807) is 0 Å². The smallest absolute Gasteiger partial charge is 0.230 e. The largest absolute Gasteiger partial charge is 0.351 e. The number of nitrogens with zero attached hydrogens (tertiary/aromatic N) is 2. The minimum atomic E-state index is -0.349. The van der Waals surface area contributed by atoms with Crippen LogP contribution >= 0.6 is 0 Å². The van der Waals surface area contributed by atoms with Crippen LogP contribution in [0.15, 0.2) is 48.8 Å². The average Bonchev–Trinajstić information content (AvgIpc) is 3.15. The molecular formula is C19H21N3O2. The molecule has 2 amide bonds. The number of piperidine rings is 1. The van der Waals surface area contributed by atoms with E-state index in [0.717, 1.165) is 37.2 Å². The van der Waals surface area contributed by atoms with Crippen molar-refractivity contribution in [1.29, 1.82) is 0 Å². The van der Waals surface area contributed by atoms with Gasteiger partial charge in [-0.15, -0.1) is 0 Å². The minimum Gasteiger partial charge on any atom is -0.351 e. The van der Waals surface area contributed by atoms with E-state index < -0.39 is 0 Å². The molecule has 0 bridgehead atoms. The quantitative estimate of drug-likeness (QED) is 0.924. The normalized spacial score (nSPS) is 21.2. The summed E-state index contributed by atoms with van der Waals surface area (Å²) in [6, 6.07) is 12.2. The maximum absolute atomic E-state index is 13.0. The Bertz CT molecular complexity index is 746. The summed E-state index contributed by atoms with van der Waals surface area (Å²) in [4.78, 5) is 26.9. The van der Waals surface area contributed by atoms with Gasteiger partial charge < -0.3 is 14.8 Å². The van der Waals surface area contributed by atoms with Gasteiger partial charge in [-0.2, -0.15) is 0 Å². The Labute approximate surface area is 141 Å². The first-order valence-electron chi connectivity index (χ1n) is 8.52. The van der Waals surface area contributed by atoms with Crippen molar-refractivity contribution in [2.24, 2.45) is 0 Å². The minimum absolute atomic E-state index is 0.0747. The Morgan fingerprint density at radius 1 is 1.04 bits per heavy atom. The Morgan fingerprint density at radius 3 is 2.50 bits per heavy atom. The molecule has 4 rings (SSSR count). The van der Waals surface area contributed by atoms with Gasteiger partial charge in [0.2, 0.25) is 11.8 Å². The molecule has 5 heteroatoms.